The predicted octanol–water partition coefficient (Wildman–Crippen LogP) is -0.0750. The number of rotatable bonds is 8. The maximum absolute atomic E-state index is 10.7. The molecule has 5 nitrogen and oxygen atoms in total. The van der Waals surface area contributed by atoms with Crippen LogP contribution in [0.5, 0.6) is 0 Å². The molecule has 162 valence electrons. The lowest BCUT2D eigenvalue weighted by atomic mass is 10.4. The summed E-state index contributed by atoms with van der Waals surface area (Å²) in [6.07, 6.45) is 7.74. The van der Waals surface area contributed by atoms with Crippen molar-refractivity contribution in [2.24, 2.45) is 0 Å². The molecular weight excluding hydrogens is 405 g/mol. The monoisotopic (exact) mass is 436 g/mol. The van der Waals surface area contributed by atoms with Crippen LogP contribution in [0.1, 0.15) is 0 Å². The minimum Gasteiger partial charge on any atom is -1.00 e. The fraction of sp³-hybridized carbons (Fsp3) is 0.529. The number of likely N-dealkylation sites (N-methyl/N-ethyl adjacent to an activating group) is 2. The van der Waals surface area contributed by atoms with Gasteiger partial charge in [0.1, 0.15) is 0 Å². The maximum atomic E-state index is 10.7. The van der Waals surface area contributed by atoms with E-state index in [4.69, 9.17) is 13.0 Å². The highest BCUT2D eigenvalue weighted by atomic mass is 35.5. The fourth-order valence-electron chi connectivity index (χ4n) is 1.55. The summed E-state index contributed by atoms with van der Waals surface area (Å²) in [4.78, 5) is 0. The van der Waals surface area contributed by atoms with Gasteiger partial charge in [0.15, 0.2) is 10.1 Å². The first-order valence-corrected chi connectivity index (χ1v) is 9.00. The van der Waals surface area contributed by atoms with E-state index < -0.39 is 15.6 Å². The second-order valence-electron chi connectivity index (χ2n) is 6.66. The van der Waals surface area contributed by atoms with Gasteiger partial charge >= 0.3 is 5.51 Å². The molecule has 0 aromatic heterocycles. The molecule has 0 N–H and O–H groups in total. The van der Waals surface area contributed by atoms with Crippen LogP contribution in [0.3, 0.4) is 0 Å². The average Bonchev–Trinajstić information content (AvgIpc) is 2.37. The van der Waals surface area contributed by atoms with E-state index in [9.17, 15) is 13.2 Å². The van der Waals surface area contributed by atoms with E-state index in [1.165, 1.54) is 0 Å². The third kappa shape index (κ3) is 22.8. The molecule has 0 saturated carbocycles. The molecule has 10 heteroatoms. The Hall–Kier alpha value is -1.13. The van der Waals surface area contributed by atoms with Gasteiger partial charge in [0, 0.05) is 0 Å². The third-order valence-corrected chi connectivity index (χ3v) is 3.34. The van der Waals surface area contributed by atoms with Crippen LogP contribution in [0.25, 0.3) is 0 Å². The van der Waals surface area contributed by atoms with E-state index in [-0.39, 0.29) is 12.4 Å². The molecule has 0 heterocycles. The number of halogens is 4. The van der Waals surface area contributed by atoms with Gasteiger partial charge in [-0.1, -0.05) is 26.3 Å². The molecule has 0 fully saturated rings. The number of quaternary nitrogens is 2. The van der Waals surface area contributed by atoms with Gasteiger partial charge in [-0.05, 0) is 24.3 Å². The minimum atomic E-state index is -6.09. The highest BCUT2D eigenvalue weighted by Gasteiger charge is 2.36. The second kappa shape index (κ2) is 14.9. The summed E-state index contributed by atoms with van der Waals surface area (Å²) >= 11 is 0. The Bertz CT molecular complexity index is 494. The van der Waals surface area contributed by atoms with Crippen molar-refractivity contribution in [1.82, 2.24) is 0 Å². The van der Waals surface area contributed by atoms with Gasteiger partial charge in [-0.15, -0.1) is 0 Å². The standard InChI is InChI=1S/2C8H16N.CHF3O3S.ClH/c2*1-5-7-9(3,4)8-6-2;2-1(3,4)8(5,6)7;/h2*5-6H,1-2,7-8H2,3-4H3;(H,5,6,7);1H/q2*+1;;/p-2. The molecule has 0 aliphatic rings. The number of alkyl halides is 3. The fourth-order valence-corrected chi connectivity index (χ4v) is 1.55. The first-order valence-electron chi connectivity index (χ1n) is 7.59. The molecule has 0 bridgehead atoms. The minimum absolute atomic E-state index is 0. The SMILES string of the molecule is C=CC[N+](C)(C)CC=C.C=CC[N+](C)(C)CC=C.O=S(=O)([O-])C(F)(F)F.[Cl-]. The van der Waals surface area contributed by atoms with E-state index >= 15 is 0 Å². The Morgan fingerprint density at radius 3 is 1.00 bits per heavy atom. The molecular formula is C17H32ClF3N2O3S. The summed E-state index contributed by atoms with van der Waals surface area (Å²) in [5.41, 5.74) is -5.65. The van der Waals surface area contributed by atoms with E-state index in [0.717, 1.165) is 35.1 Å². The summed E-state index contributed by atoms with van der Waals surface area (Å²) in [7, 11) is 2.53. The third-order valence-electron chi connectivity index (χ3n) is 2.78. The van der Waals surface area contributed by atoms with E-state index in [2.05, 4.69) is 54.5 Å². The summed E-state index contributed by atoms with van der Waals surface area (Å²) in [6.45, 7) is 18.7. The van der Waals surface area contributed by atoms with E-state index in [1.807, 2.05) is 24.3 Å². The maximum Gasteiger partial charge on any atom is 0.485 e. The van der Waals surface area contributed by atoms with Crippen LogP contribution >= 0.6 is 0 Å². The average molecular weight is 437 g/mol. The van der Waals surface area contributed by atoms with Crippen molar-refractivity contribution in [3.8, 4) is 0 Å². The summed E-state index contributed by atoms with van der Waals surface area (Å²) in [5, 5.41) is 0. The number of hydrogen-bond donors (Lipinski definition) is 0. The van der Waals surface area contributed by atoms with Gasteiger partial charge in [-0.2, -0.15) is 13.2 Å². The van der Waals surface area contributed by atoms with Crippen molar-refractivity contribution in [3.63, 3.8) is 0 Å². The van der Waals surface area contributed by atoms with Crippen LogP contribution < -0.4 is 12.4 Å². The highest BCUT2D eigenvalue weighted by molar-refractivity contribution is 7.86. The molecule has 27 heavy (non-hydrogen) atoms. The Labute approximate surface area is 168 Å². The van der Waals surface area contributed by atoms with Crippen LogP contribution in [0.4, 0.5) is 13.2 Å². The Morgan fingerprint density at radius 2 is 0.926 bits per heavy atom. The van der Waals surface area contributed by atoms with Crippen molar-refractivity contribution in [3.05, 3.63) is 50.6 Å². The molecule has 0 saturated heterocycles. The van der Waals surface area contributed by atoms with Crippen LogP contribution in [-0.2, 0) is 10.1 Å². The van der Waals surface area contributed by atoms with Gasteiger partial charge in [0.2, 0.25) is 0 Å². The topological polar surface area (TPSA) is 57.2 Å². The van der Waals surface area contributed by atoms with Gasteiger partial charge in [0.05, 0.1) is 54.4 Å². The molecule has 0 radical (unpaired) electrons. The Morgan fingerprint density at radius 1 is 0.778 bits per heavy atom. The molecule has 0 aromatic rings. The lowest BCUT2D eigenvalue weighted by molar-refractivity contribution is -0.878. The highest BCUT2D eigenvalue weighted by Crippen LogP contribution is 2.20. The van der Waals surface area contributed by atoms with E-state index in [1.54, 1.807) is 0 Å². The summed E-state index contributed by atoms with van der Waals surface area (Å²) < 4.78 is 60.8. The zero-order chi connectivity index (χ0) is 21.7. The zero-order valence-electron chi connectivity index (χ0n) is 16.5. The van der Waals surface area contributed by atoms with Gasteiger partial charge in [-0.25, -0.2) is 8.42 Å². The summed E-state index contributed by atoms with van der Waals surface area (Å²) in [6, 6.07) is 0. The van der Waals surface area contributed by atoms with Crippen molar-refractivity contribution >= 4 is 10.1 Å². The van der Waals surface area contributed by atoms with E-state index in [0.29, 0.717) is 0 Å². The van der Waals surface area contributed by atoms with Crippen molar-refractivity contribution in [2.45, 2.75) is 5.51 Å². The van der Waals surface area contributed by atoms with Gasteiger partial charge in [-0.3, -0.25) is 0 Å². The number of nitrogens with zero attached hydrogens (tertiary/aromatic N) is 2. The van der Waals surface area contributed by atoms with Crippen LogP contribution in [0, 0.1) is 0 Å². The van der Waals surface area contributed by atoms with Crippen LogP contribution in [0.2, 0.25) is 0 Å². The molecule has 0 atom stereocenters. The molecule has 0 amide bonds. The quantitative estimate of drug-likeness (QED) is 0.231. The first-order chi connectivity index (χ1) is 11.5. The Kier molecular flexibility index (Phi) is 18.4. The van der Waals surface area contributed by atoms with Crippen LogP contribution in [-0.4, -0.2) is 81.8 Å². The predicted molar refractivity (Wildman–Crippen MR) is 100 cm³/mol. The molecule has 0 aliphatic heterocycles. The second-order valence-corrected chi connectivity index (χ2v) is 8.03. The van der Waals surface area contributed by atoms with Crippen molar-refractivity contribution in [1.29, 1.82) is 0 Å². The van der Waals surface area contributed by atoms with Crippen molar-refractivity contribution in [2.75, 3.05) is 54.4 Å². The molecule has 0 aromatic carbocycles. The van der Waals surface area contributed by atoms with Crippen molar-refractivity contribution < 1.29 is 47.5 Å². The largest absolute Gasteiger partial charge is 1.00 e. The van der Waals surface area contributed by atoms with Gasteiger partial charge in [0.25, 0.3) is 0 Å². The van der Waals surface area contributed by atoms with Gasteiger partial charge < -0.3 is 25.9 Å². The molecule has 0 rings (SSSR count). The molecule has 0 unspecified atom stereocenters. The molecule has 0 aliphatic carbocycles. The van der Waals surface area contributed by atoms with Crippen LogP contribution in [0.15, 0.2) is 50.6 Å². The lowest BCUT2D eigenvalue weighted by Crippen LogP contribution is -3.00. The normalized spacial score (nSPS) is 11.4. The zero-order valence-corrected chi connectivity index (χ0v) is 18.1. The Balaban J connectivity index is -0.000000145. The summed E-state index contributed by atoms with van der Waals surface area (Å²) in [5.74, 6) is 0. The lowest BCUT2D eigenvalue weighted by Gasteiger charge is -2.26. The smallest absolute Gasteiger partial charge is 0.485 e. The molecule has 0 spiro atoms. The number of hydrogen-bond acceptors (Lipinski definition) is 3. The first kappa shape index (κ1) is 33.5.